The molecule has 4 heterocycles. The summed E-state index contributed by atoms with van der Waals surface area (Å²) in [4.78, 5) is 30.6. The third-order valence-electron chi connectivity index (χ3n) is 6.14. The fourth-order valence-electron chi connectivity index (χ4n) is 4.28. The number of nitrogens with one attached hydrogen (secondary N) is 1. The molecule has 2 fully saturated rings. The van der Waals surface area contributed by atoms with Crippen molar-refractivity contribution in [2.45, 2.75) is 19.3 Å². The van der Waals surface area contributed by atoms with Gasteiger partial charge in [-0.15, -0.1) is 0 Å². The normalized spacial score (nSPS) is 20.4. The molecule has 8 nitrogen and oxygen atoms in total. The van der Waals surface area contributed by atoms with Crippen molar-refractivity contribution in [2.24, 2.45) is 11.3 Å². The van der Waals surface area contributed by atoms with E-state index in [1.807, 2.05) is 11.0 Å². The summed E-state index contributed by atoms with van der Waals surface area (Å²) in [6.45, 7) is 2.09. The molecule has 1 spiro atoms. The van der Waals surface area contributed by atoms with E-state index in [1.54, 1.807) is 18.5 Å². The monoisotopic (exact) mass is 380 g/mol. The number of hydrogen-bond donors (Lipinski definition) is 1. The van der Waals surface area contributed by atoms with Gasteiger partial charge in [0.2, 0.25) is 0 Å². The number of fused-ring (bicyclic) bond motifs is 1. The number of likely N-dealkylation sites (tertiary alicyclic amines) is 1. The van der Waals surface area contributed by atoms with E-state index in [1.165, 1.54) is 12.5 Å². The average Bonchev–Trinajstić information content (AvgIpc) is 3.13. The molecular weight excluding hydrogens is 360 g/mol. The van der Waals surface area contributed by atoms with E-state index in [-0.39, 0.29) is 17.2 Å². The van der Waals surface area contributed by atoms with Crippen molar-refractivity contribution >= 4 is 22.8 Å². The maximum absolute atomic E-state index is 12.4. The lowest BCUT2D eigenvalue weighted by Crippen LogP contribution is -2.40. The van der Waals surface area contributed by atoms with Crippen LogP contribution in [-0.4, -0.2) is 46.5 Å². The molecule has 1 saturated heterocycles. The van der Waals surface area contributed by atoms with E-state index in [0.29, 0.717) is 29.4 Å². The van der Waals surface area contributed by atoms with Crippen molar-refractivity contribution in [3.63, 3.8) is 0 Å². The Hall–Kier alpha value is -3.16. The van der Waals surface area contributed by atoms with Gasteiger partial charge in [-0.05, 0) is 42.7 Å². The molecule has 1 N–H and O–H groups in total. The third-order valence-corrected chi connectivity index (χ3v) is 6.14. The highest BCUT2D eigenvalue weighted by Crippen LogP contribution is 2.59. The molecule has 5 rings (SSSR count). The van der Waals surface area contributed by atoms with Gasteiger partial charge in [-0.25, -0.2) is 0 Å². The second-order valence-corrected chi connectivity index (χ2v) is 7.70. The summed E-state index contributed by atoms with van der Waals surface area (Å²) in [5.41, 5.74) is 1.35. The smallest absolute Gasteiger partial charge is 0.287 e. The number of carbonyl (C=O) groups excluding carboxylic acids is 2. The molecule has 0 bridgehead atoms. The second-order valence-electron chi connectivity index (χ2n) is 7.70. The van der Waals surface area contributed by atoms with E-state index >= 15 is 0 Å². The zero-order chi connectivity index (χ0) is 19.1. The summed E-state index contributed by atoms with van der Waals surface area (Å²) in [6, 6.07) is 3.56. The Morgan fingerprint density at radius 1 is 1.29 bits per heavy atom. The first-order valence-corrected chi connectivity index (χ1v) is 9.45. The van der Waals surface area contributed by atoms with Crippen LogP contribution in [0.1, 0.15) is 40.2 Å². The Morgan fingerprint density at radius 3 is 2.89 bits per heavy atom. The zero-order valence-electron chi connectivity index (χ0n) is 15.3. The Balaban J connectivity index is 1.14. The highest BCUT2D eigenvalue weighted by Gasteiger charge is 2.54. The number of amides is 2. The second kappa shape index (κ2) is 6.47. The fourth-order valence-corrected chi connectivity index (χ4v) is 4.28. The van der Waals surface area contributed by atoms with Crippen molar-refractivity contribution < 1.29 is 18.5 Å². The van der Waals surface area contributed by atoms with Gasteiger partial charge in [0.1, 0.15) is 6.26 Å². The number of piperidine rings is 1. The Kier molecular flexibility index (Phi) is 3.92. The molecule has 8 heteroatoms. The molecule has 1 unspecified atom stereocenters. The quantitative estimate of drug-likeness (QED) is 0.746. The Bertz CT molecular complexity index is 985. The summed E-state index contributed by atoms with van der Waals surface area (Å²) in [7, 11) is 0. The molecule has 2 aliphatic rings. The highest BCUT2D eigenvalue weighted by molar-refractivity contribution is 5.96. The summed E-state index contributed by atoms with van der Waals surface area (Å²) in [6.07, 6.45) is 9.13. The number of hydrogen-bond acceptors (Lipinski definition) is 6. The molecule has 1 saturated carbocycles. The molecule has 144 valence electrons. The van der Waals surface area contributed by atoms with Crippen molar-refractivity contribution in [2.75, 3.05) is 19.6 Å². The first-order chi connectivity index (χ1) is 13.6. The standard InChI is InChI=1S/C20H20N4O4/c25-18(16-7-13-1-4-21-11-17(13)28-16)22-10-15-8-20(15)2-5-24(6-3-20)19(26)14-9-23-27-12-14/h1,4,7,9,11-12,15H,2-3,5-6,8,10H2,(H,22,25). The van der Waals surface area contributed by atoms with Crippen LogP contribution in [0, 0.1) is 11.3 Å². The number of carbonyl (C=O) groups is 2. The fraction of sp³-hybridized carbons (Fsp3) is 0.400. The summed E-state index contributed by atoms with van der Waals surface area (Å²) >= 11 is 0. The van der Waals surface area contributed by atoms with Crippen molar-refractivity contribution in [3.8, 4) is 0 Å². The van der Waals surface area contributed by atoms with E-state index in [0.717, 1.165) is 37.7 Å². The molecule has 1 aliphatic carbocycles. The molecular formula is C20H20N4O4. The molecule has 28 heavy (non-hydrogen) atoms. The topological polar surface area (TPSA) is 101 Å². The van der Waals surface area contributed by atoms with E-state index in [2.05, 4.69) is 15.5 Å². The predicted octanol–water partition coefficient (Wildman–Crippen LogP) is 2.49. The summed E-state index contributed by atoms with van der Waals surface area (Å²) in [5, 5.41) is 7.46. The first kappa shape index (κ1) is 17.0. The molecule has 3 aromatic heterocycles. The Labute approximate surface area is 160 Å². The van der Waals surface area contributed by atoms with Crippen LogP contribution in [0.3, 0.4) is 0 Å². The van der Waals surface area contributed by atoms with Crippen LogP contribution in [0.2, 0.25) is 0 Å². The SMILES string of the molecule is O=C(NCC1CC12CCN(C(=O)c1cnoc1)CC2)c1cc2ccncc2o1. The largest absolute Gasteiger partial charge is 0.449 e. The lowest BCUT2D eigenvalue weighted by molar-refractivity contribution is 0.0668. The minimum absolute atomic E-state index is 0.0269. The van der Waals surface area contributed by atoms with Crippen molar-refractivity contribution in [1.29, 1.82) is 0 Å². The molecule has 3 aromatic rings. The molecule has 1 aliphatic heterocycles. The Morgan fingerprint density at radius 2 is 2.14 bits per heavy atom. The average molecular weight is 380 g/mol. The number of aromatic nitrogens is 2. The van der Waals surface area contributed by atoms with Gasteiger partial charge in [0.25, 0.3) is 11.8 Å². The van der Waals surface area contributed by atoms with Gasteiger partial charge < -0.3 is 19.2 Å². The van der Waals surface area contributed by atoms with Gasteiger partial charge in [-0.2, -0.15) is 0 Å². The predicted molar refractivity (Wildman–Crippen MR) is 98.5 cm³/mol. The van der Waals surface area contributed by atoms with Crippen LogP contribution in [-0.2, 0) is 0 Å². The van der Waals surface area contributed by atoms with Gasteiger partial charge in [-0.1, -0.05) is 5.16 Å². The van der Waals surface area contributed by atoms with Crippen LogP contribution in [0.5, 0.6) is 0 Å². The van der Waals surface area contributed by atoms with Gasteiger partial charge in [0.05, 0.1) is 18.0 Å². The summed E-state index contributed by atoms with van der Waals surface area (Å²) < 4.78 is 10.3. The van der Waals surface area contributed by atoms with E-state index < -0.39 is 0 Å². The van der Waals surface area contributed by atoms with Crippen molar-refractivity contribution in [1.82, 2.24) is 20.4 Å². The number of rotatable bonds is 4. The van der Waals surface area contributed by atoms with Gasteiger partial charge in [0, 0.05) is 31.2 Å². The molecule has 2 amide bonds. The van der Waals surface area contributed by atoms with Crippen LogP contribution in [0.25, 0.3) is 11.0 Å². The van der Waals surface area contributed by atoms with Crippen LogP contribution in [0.4, 0.5) is 0 Å². The van der Waals surface area contributed by atoms with Crippen LogP contribution in [0.15, 0.2) is 45.9 Å². The maximum Gasteiger partial charge on any atom is 0.287 e. The van der Waals surface area contributed by atoms with Gasteiger partial charge in [-0.3, -0.25) is 14.6 Å². The number of furan rings is 1. The van der Waals surface area contributed by atoms with Gasteiger partial charge in [0.15, 0.2) is 11.3 Å². The summed E-state index contributed by atoms with van der Waals surface area (Å²) in [5.74, 6) is 0.543. The molecule has 0 radical (unpaired) electrons. The zero-order valence-corrected chi connectivity index (χ0v) is 15.3. The number of pyridine rings is 1. The van der Waals surface area contributed by atoms with Crippen molar-refractivity contribution in [3.05, 3.63) is 48.3 Å². The van der Waals surface area contributed by atoms with E-state index in [9.17, 15) is 9.59 Å². The number of nitrogens with zero attached hydrogens (tertiary/aromatic N) is 3. The molecule has 0 aromatic carbocycles. The third kappa shape index (κ3) is 2.94. The minimum atomic E-state index is -0.196. The van der Waals surface area contributed by atoms with Crippen LogP contribution >= 0.6 is 0 Å². The van der Waals surface area contributed by atoms with E-state index in [4.69, 9.17) is 8.94 Å². The first-order valence-electron chi connectivity index (χ1n) is 9.45. The minimum Gasteiger partial charge on any atom is -0.449 e. The maximum atomic E-state index is 12.4. The van der Waals surface area contributed by atoms with Crippen LogP contribution < -0.4 is 5.32 Å². The highest BCUT2D eigenvalue weighted by atomic mass is 16.5. The molecule has 1 atom stereocenters. The lowest BCUT2D eigenvalue weighted by atomic mass is 9.90. The lowest BCUT2D eigenvalue weighted by Gasteiger charge is -2.32. The van der Waals surface area contributed by atoms with Gasteiger partial charge >= 0.3 is 0 Å².